The summed E-state index contributed by atoms with van der Waals surface area (Å²) in [5.41, 5.74) is 2.41. The third kappa shape index (κ3) is 3.23. The van der Waals surface area contributed by atoms with Crippen LogP contribution in [0.1, 0.15) is 31.2 Å². The van der Waals surface area contributed by atoms with E-state index in [1.54, 1.807) is 0 Å². The number of anilines is 1. The molecule has 5 nitrogen and oxygen atoms in total. The van der Waals surface area contributed by atoms with Crippen LogP contribution in [0, 0.1) is 13.8 Å². The van der Waals surface area contributed by atoms with Crippen LogP contribution < -0.4 is 5.32 Å². The molecule has 1 N–H and O–H groups in total. The largest absolute Gasteiger partial charge is 0.370 e. The van der Waals surface area contributed by atoms with Gasteiger partial charge in [0.15, 0.2) is 0 Å². The van der Waals surface area contributed by atoms with Gasteiger partial charge in [0.2, 0.25) is 5.28 Å². The first-order valence-corrected chi connectivity index (χ1v) is 6.71. The zero-order valence-electron chi connectivity index (χ0n) is 11.3. The Morgan fingerprint density at radius 2 is 2.11 bits per heavy atom. The maximum absolute atomic E-state index is 5.97. The summed E-state index contributed by atoms with van der Waals surface area (Å²) in [5.74, 6) is 1.45. The fourth-order valence-electron chi connectivity index (χ4n) is 1.88. The van der Waals surface area contributed by atoms with Crippen LogP contribution in [0.25, 0.3) is 11.3 Å². The van der Waals surface area contributed by atoms with Crippen molar-refractivity contribution in [3.8, 4) is 11.3 Å². The maximum Gasteiger partial charge on any atom is 0.224 e. The topological polar surface area (TPSA) is 63.8 Å². The van der Waals surface area contributed by atoms with Gasteiger partial charge < -0.3 is 9.84 Å². The van der Waals surface area contributed by atoms with E-state index >= 15 is 0 Å². The molecule has 2 heterocycles. The molecule has 0 bridgehead atoms. The molecule has 19 heavy (non-hydrogen) atoms. The summed E-state index contributed by atoms with van der Waals surface area (Å²) in [6.45, 7) is 6.75. The van der Waals surface area contributed by atoms with Gasteiger partial charge in [0.1, 0.15) is 11.6 Å². The molecule has 102 valence electrons. The second-order valence-corrected chi connectivity index (χ2v) is 4.73. The zero-order valence-corrected chi connectivity index (χ0v) is 12.1. The van der Waals surface area contributed by atoms with E-state index in [9.17, 15) is 0 Å². The van der Waals surface area contributed by atoms with Crippen LogP contribution in [0.15, 0.2) is 10.6 Å². The molecule has 0 radical (unpaired) electrons. The average molecular weight is 281 g/mol. The summed E-state index contributed by atoms with van der Waals surface area (Å²) in [6, 6.07) is 1.87. The first-order chi connectivity index (χ1) is 9.11. The van der Waals surface area contributed by atoms with Crippen molar-refractivity contribution in [3.05, 3.63) is 22.8 Å². The van der Waals surface area contributed by atoms with Crippen molar-refractivity contribution >= 4 is 17.4 Å². The molecule has 0 aliphatic heterocycles. The Kier molecular flexibility index (Phi) is 4.37. The highest BCUT2D eigenvalue weighted by atomic mass is 35.5. The number of hydrogen-bond donors (Lipinski definition) is 1. The second-order valence-electron chi connectivity index (χ2n) is 4.39. The molecule has 0 aromatic carbocycles. The number of halogens is 1. The fraction of sp³-hybridized carbons (Fsp3) is 0.462. The number of unbranched alkanes of at least 4 members (excludes halogenated alkanes) is 1. The summed E-state index contributed by atoms with van der Waals surface area (Å²) in [5, 5.41) is 7.39. The summed E-state index contributed by atoms with van der Waals surface area (Å²) in [4.78, 5) is 8.41. The van der Waals surface area contributed by atoms with E-state index in [4.69, 9.17) is 16.1 Å². The standard InChI is InChI=1S/C13H17ClN4O/c1-4-5-6-15-11-7-10(16-13(14)17-11)12-8(2)18-19-9(12)3/h7H,4-6H2,1-3H3,(H,15,16,17). The molecule has 0 fully saturated rings. The average Bonchev–Trinajstić information content (AvgIpc) is 2.69. The molecule has 2 rings (SSSR count). The molecule has 0 amide bonds. The quantitative estimate of drug-likeness (QED) is 0.669. The minimum absolute atomic E-state index is 0.219. The molecular formula is C13H17ClN4O. The van der Waals surface area contributed by atoms with E-state index in [0.717, 1.165) is 47.9 Å². The predicted octanol–water partition coefficient (Wildman–Crippen LogP) is 3.61. The monoisotopic (exact) mass is 280 g/mol. The van der Waals surface area contributed by atoms with Crippen molar-refractivity contribution in [1.29, 1.82) is 0 Å². The number of aromatic nitrogens is 3. The Balaban J connectivity index is 2.31. The molecule has 0 aliphatic rings. The fourth-order valence-corrected chi connectivity index (χ4v) is 2.06. The van der Waals surface area contributed by atoms with Crippen LogP contribution >= 0.6 is 11.6 Å². The van der Waals surface area contributed by atoms with Crippen molar-refractivity contribution in [2.45, 2.75) is 33.6 Å². The molecule has 2 aromatic heterocycles. The Morgan fingerprint density at radius 3 is 2.74 bits per heavy atom. The molecule has 0 atom stereocenters. The van der Waals surface area contributed by atoms with Crippen LogP contribution in [0.3, 0.4) is 0 Å². The maximum atomic E-state index is 5.97. The number of rotatable bonds is 5. The molecule has 0 aliphatic carbocycles. The van der Waals surface area contributed by atoms with Crippen molar-refractivity contribution in [1.82, 2.24) is 15.1 Å². The van der Waals surface area contributed by atoms with Gasteiger partial charge in [-0.1, -0.05) is 18.5 Å². The molecule has 0 unspecified atom stereocenters. The highest BCUT2D eigenvalue weighted by molar-refractivity contribution is 6.28. The lowest BCUT2D eigenvalue weighted by Crippen LogP contribution is -2.04. The Bertz CT molecular complexity index is 548. The van der Waals surface area contributed by atoms with Gasteiger partial charge in [0, 0.05) is 12.6 Å². The normalized spacial score (nSPS) is 10.7. The number of aryl methyl sites for hydroxylation is 2. The van der Waals surface area contributed by atoms with Crippen LogP contribution in [-0.2, 0) is 0 Å². The first-order valence-electron chi connectivity index (χ1n) is 6.33. The van der Waals surface area contributed by atoms with Gasteiger partial charge in [-0.25, -0.2) is 9.97 Å². The molecule has 0 spiro atoms. The highest BCUT2D eigenvalue weighted by Gasteiger charge is 2.14. The first kappa shape index (κ1) is 13.8. The summed E-state index contributed by atoms with van der Waals surface area (Å²) < 4.78 is 5.15. The van der Waals surface area contributed by atoms with Crippen LogP contribution in [0.5, 0.6) is 0 Å². The second kappa shape index (κ2) is 6.02. The van der Waals surface area contributed by atoms with E-state index < -0.39 is 0 Å². The lowest BCUT2D eigenvalue weighted by atomic mass is 10.1. The SMILES string of the molecule is CCCCNc1cc(-c2c(C)noc2C)nc(Cl)n1. The van der Waals surface area contributed by atoms with Gasteiger partial charge in [-0.15, -0.1) is 0 Å². The summed E-state index contributed by atoms with van der Waals surface area (Å²) in [6.07, 6.45) is 2.21. The number of hydrogen-bond acceptors (Lipinski definition) is 5. The van der Waals surface area contributed by atoms with E-state index in [2.05, 4.69) is 27.4 Å². The van der Waals surface area contributed by atoms with Crippen molar-refractivity contribution in [2.75, 3.05) is 11.9 Å². The number of nitrogens with zero attached hydrogens (tertiary/aromatic N) is 3. The number of nitrogens with one attached hydrogen (secondary N) is 1. The van der Waals surface area contributed by atoms with E-state index in [1.165, 1.54) is 0 Å². The van der Waals surface area contributed by atoms with Gasteiger partial charge in [-0.05, 0) is 31.9 Å². The smallest absolute Gasteiger partial charge is 0.224 e. The molecule has 2 aromatic rings. The van der Waals surface area contributed by atoms with Gasteiger partial charge in [-0.3, -0.25) is 0 Å². The highest BCUT2D eigenvalue weighted by Crippen LogP contribution is 2.27. The lowest BCUT2D eigenvalue weighted by molar-refractivity contribution is 0.393. The molecule has 0 saturated heterocycles. The van der Waals surface area contributed by atoms with Gasteiger partial charge >= 0.3 is 0 Å². The van der Waals surface area contributed by atoms with Crippen LogP contribution in [-0.4, -0.2) is 21.7 Å². The Labute approximate surface area is 117 Å². The molecular weight excluding hydrogens is 264 g/mol. The minimum Gasteiger partial charge on any atom is -0.370 e. The van der Waals surface area contributed by atoms with Gasteiger partial charge in [0.05, 0.1) is 17.0 Å². The Morgan fingerprint density at radius 1 is 1.32 bits per heavy atom. The Hall–Kier alpha value is -1.62. The minimum atomic E-state index is 0.219. The van der Waals surface area contributed by atoms with Crippen molar-refractivity contribution in [3.63, 3.8) is 0 Å². The predicted molar refractivity (Wildman–Crippen MR) is 75.4 cm³/mol. The van der Waals surface area contributed by atoms with Crippen molar-refractivity contribution < 1.29 is 4.52 Å². The van der Waals surface area contributed by atoms with Gasteiger partial charge in [0.25, 0.3) is 0 Å². The third-order valence-corrected chi connectivity index (χ3v) is 2.99. The van der Waals surface area contributed by atoms with E-state index in [0.29, 0.717) is 0 Å². The van der Waals surface area contributed by atoms with Crippen LogP contribution in [0.4, 0.5) is 5.82 Å². The zero-order chi connectivity index (χ0) is 13.8. The van der Waals surface area contributed by atoms with Crippen LogP contribution in [0.2, 0.25) is 5.28 Å². The van der Waals surface area contributed by atoms with E-state index in [-0.39, 0.29) is 5.28 Å². The summed E-state index contributed by atoms with van der Waals surface area (Å²) in [7, 11) is 0. The summed E-state index contributed by atoms with van der Waals surface area (Å²) >= 11 is 5.97. The third-order valence-electron chi connectivity index (χ3n) is 2.82. The molecule has 6 heteroatoms. The molecule has 0 saturated carbocycles. The van der Waals surface area contributed by atoms with E-state index in [1.807, 2.05) is 19.9 Å². The van der Waals surface area contributed by atoms with Crippen molar-refractivity contribution in [2.24, 2.45) is 0 Å². The van der Waals surface area contributed by atoms with Gasteiger partial charge in [-0.2, -0.15) is 0 Å². The lowest BCUT2D eigenvalue weighted by Gasteiger charge is -2.07.